The number of halogens is 1. The Morgan fingerprint density at radius 3 is 2.28 bits per heavy atom. The molecule has 0 fully saturated rings. The van der Waals surface area contributed by atoms with Crippen molar-refractivity contribution in [2.75, 3.05) is 6.26 Å². The van der Waals surface area contributed by atoms with Crippen molar-refractivity contribution in [3.05, 3.63) is 47.1 Å². The first-order chi connectivity index (χ1) is 8.45. The van der Waals surface area contributed by atoms with Crippen LogP contribution in [0, 0.1) is 0 Å². The van der Waals surface area contributed by atoms with Crippen LogP contribution in [0.25, 0.3) is 0 Å². The third-order valence-corrected chi connectivity index (χ3v) is 3.80. The Hall–Kier alpha value is -1.40. The van der Waals surface area contributed by atoms with Crippen molar-refractivity contribution in [1.29, 1.82) is 0 Å². The van der Waals surface area contributed by atoms with Crippen LogP contribution in [0.1, 0.15) is 0 Å². The molecule has 0 radical (unpaired) electrons. The van der Waals surface area contributed by atoms with Crippen molar-refractivity contribution < 1.29 is 13.2 Å². The Morgan fingerprint density at radius 1 is 1.11 bits per heavy atom. The quantitative estimate of drug-likeness (QED) is 0.869. The minimum atomic E-state index is -3.22. The van der Waals surface area contributed by atoms with Gasteiger partial charge in [0.25, 0.3) is 0 Å². The van der Waals surface area contributed by atoms with Gasteiger partial charge in [-0.1, -0.05) is 15.9 Å². The van der Waals surface area contributed by atoms with E-state index in [1.54, 1.807) is 12.1 Å². The SMILES string of the molecule is CS(=O)(=O)c1ccc(Oc2ccc(Br)cc2)nc1. The second-order valence-electron chi connectivity index (χ2n) is 3.66. The molecule has 0 unspecified atom stereocenters. The number of benzene rings is 1. The van der Waals surface area contributed by atoms with Crippen LogP contribution in [0.2, 0.25) is 0 Å². The second-order valence-corrected chi connectivity index (χ2v) is 6.59. The maximum atomic E-state index is 11.3. The van der Waals surface area contributed by atoms with E-state index in [9.17, 15) is 8.42 Å². The van der Waals surface area contributed by atoms with Crippen molar-refractivity contribution >= 4 is 25.8 Å². The summed E-state index contributed by atoms with van der Waals surface area (Å²) in [5, 5.41) is 0. The van der Waals surface area contributed by atoms with Gasteiger partial charge in [0, 0.05) is 23.0 Å². The van der Waals surface area contributed by atoms with Crippen LogP contribution in [-0.4, -0.2) is 19.7 Å². The molecule has 0 saturated heterocycles. The number of hydrogen-bond donors (Lipinski definition) is 0. The van der Waals surface area contributed by atoms with E-state index in [0.717, 1.165) is 10.7 Å². The molecule has 0 aliphatic carbocycles. The fourth-order valence-electron chi connectivity index (χ4n) is 1.27. The fraction of sp³-hybridized carbons (Fsp3) is 0.0833. The molecule has 1 aromatic carbocycles. The lowest BCUT2D eigenvalue weighted by Crippen LogP contribution is -1.98. The predicted octanol–water partition coefficient (Wildman–Crippen LogP) is 3.04. The average molecular weight is 328 g/mol. The monoisotopic (exact) mass is 327 g/mol. The summed E-state index contributed by atoms with van der Waals surface area (Å²) in [6, 6.07) is 10.3. The zero-order chi connectivity index (χ0) is 13.2. The van der Waals surface area contributed by atoms with E-state index in [1.165, 1.54) is 18.3 Å². The summed E-state index contributed by atoms with van der Waals surface area (Å²) in [6.07, 6.45) is 2.42. The number of ether oxygens (including phenoxy) is 1. The van der Waals surface area contributed by atoms with E-state index in [2.05, 4.69) is 20.9 Å². The Labute approximate surface area is 114 Å². The number of hydrogen-bond acceptors (Lipinski definition) is 4. The fourth-order valence-corrected chi connectivity index (χ4v) is 2.09. The van der Waals surface area contributed by atoms with E-state index in [0.29, 0.717) is 11.6 Å². The Bertz CT molecular complexity index is 636. The smallest absolute Gasteiger partial charge is 0.219 e. The first-order valence-electron chi connectivity index (χ1n) is 5.05. The van der Waals surface area contributed by atoms with Crippen LogP contribution in [0.5, 0.6) is 11.6 Å². The van der Waals surface area contributed by atoms with Crippen molar-refractivity contribution in [1.82, 2.24) is 4.98 Å². The van der Waals surface area contributed by atoms with Crippen LogP contribution < -0.4 is 4.74 Å². The summed E-state index contributed by atoms with van der Waals surface area (Å²) < 4.78 is 28.9. The van der Waals surface area contributed by atoms with E-state index < -0.39 is 9.84 Å². The van der Waals surface area contributed by atoms with Gasteiger partial charge < -0.3 is 4.74 Å². The van der Waals surface area contributed by atoms with Gasteiger partial charge in [0.1, 0.15) is 5.75 Å². The molecule has 0 N–H and O–H groups in total. The molecule has 6 heteroatoms. The molecular formula is C12H10BrNO3S. The lowest BCUT2D eigenvalue weighted by Gasteiger charge is -2.05. The summed E-state index contributed by atoms with van der Waals surface area (Å²) in [4.78, 5) is 4.12. The van der Waals surface area contributed by atoms with Crippen molar-refractivity contribution in [3.8, 4) is 11.6 Å². The molecule has 0 saturated carbocycles. The number of rotatable bonds is 3. The Morgan fingerprint density at radius 2 is 1.78 bits per heavy atom. The van der Waals surface area contributed by atoms with Gasteiger partial charge in [-0.15, -0.1) is 0 Å². The van der Waals surface area contributed by atoms with Gasteiger partial charge in [-0.05, 0) is 30.3 Å². The highest BCUT2D eigenvalue weighted by atomic mass is 79.9. The summed E-state index contributed by atoms with van der Waals surface area (Å²) in [5.74, 6) is 0.988. The molecule has 0 aliphatic rings. The molecular weight excluding hydrogens is 318 g/mol. The highest BCUT2D eigenvalue weighted by molar-refractivity contribution is 9.10. The standard InChI is InChI=1S/C12H10BrNO3S/c1-18(15,16)11-6-7-12(14-8-11)17-10-4-2-9(13)3-5-10/h2-8H,1H3. The van der Waals surface area contributed by atoms with E-state index in [-0.39, 0.29) is 4.90 Å². The first kappa shape index (κ1) is 13.0. The zero-order valence-electron chi connectivity index (χ0n) is 9.50. The maximum Gasteiger partial charge on any atom is 0.219 e. The van der Waals surface area contributed by atoms with Gasteiger partial charge in [0.05, 0.1) is 4.90 Å². The lowest BCUT2D eigenvalue weighted by atomic mass is 10.3. The van der Waals surface area contributed by atoms with Crippen molar-refractivity contribution in [2.24, 2.45) is 0 Å². The summed E-state index contributed by atoms with van der Waals surface area (Å²) in [6.45, 7) is 0. The normalized spacial score (nSPS) is 11.2. The molecule has 0 aliphatic heterocycles. The van der Waals surface area contributed by atoms with Crippen molar-refractivity contribution in [3.63, 3.8) is 0 Å². The molecule has 2 aromatic rings. The first-order valence-corrected chi connectivity index (χ1v) is 7.73. The summed E-state index contributed by atoms with van der Waals surface area (Å²) >= 11 is 3.32. The third-order valence-electron chi connectivity index (χ3n) is 2.17. The molecule has 1 heterocycles. The van der Waals surface area contributed by atoms with Gasteiger partial charge in [0.2, 0.25) is 5.88 Å². The number of nitrogens with zero attached hydrogens (tertiary/aromatic N) is 1. The van der Waals surface area contributed by atoms with Gasteiger partial charge in [-0.2, -0.15) is 0 Å². The molecule has 4 nitrogen and oxygen atoms in total. The molecule has 0 spiro atoms. The maximum absolute atomic E-state index is 11.3. The van der Waals surface area contributed by atoms with Crippen LogP contribution in [0.4, 0.5) is 0 Å². The Kier molecular flexibility index (Phi) is 3.68. The predicted molar refractivity (Wildman–Crippen MR) is 71.6 cm³/mol. The molecule has 2 rings (SSSR count). The number of aromatic nitrogens is 1. The number of pyridine rings is 1. The van der Waals surface area contributed by atoms with Gasteiger partial charge in [-0.3, -0.25) is 0 Å². The van der Waals surface area contributed by atoms with E-state index >= 15 is 0 Å². The van der Waals surface area contributed by atoms with E-state index in [1.807, 2.05) is 12.1 Å². The van der Waals surface area contributed by atoms with Gasteiger partial charge >= 0.3 is 0 Å². The highest BCUT2D eigenvalue weighted by Gasteiger charge is 2.07. The average Bonchev–Trinajstić information content (AvgIpc) is 2.32. The van der Waals surface area contributed by atoms with Crippen LogP contribution in [-0.2, 0) is 9.84 Å². The number of sulfone groups is 1. The van der Waals surface area contributed by atoms with Crippen molar-refractivity contribution in [2.45, 2.75) is 4.90 Å². The van der Waals surface area contributed by atoms with Gasteiger partial charge in [-0.25, -0.2) is 13.4 Å². The van der Waals surface area contributed by atoms with Crippen LogP contribution in [0.3, 0.4) is 0 Å². The second kappa shape index (κ2) is 5.07. The molecule has 1 aromatic heterocycles. The van der Waals surface area contributed by atoms with Crippen LogP contribution >= 0.6 is 15.9 Å². The van der Waals surface area contributed by atoms with Gasteiger partial charge in [0.15, 0.2) is 9.84 Å². The molecule has 0 bridgehead atoms. The Balaban J connectivity index is 2.18. The zero-order valence-corrected chi connectivity index (χ0v) is 11.9. The molecule has 0 atom stereocenters. The minimum Gasteiger partial charge on any atom is -0.439 e. The molecule has 0 amide bonds. The summed E-state index contributed by atoms with van der Waals surface area (Å²) in [5.41, 5.74) is 0. The minimum absolute atomic E-state index is 0.172. The third kappa shape index (κ3) is 3.30. The molecule has 18 heavy (non-hydrogen) atoms. The van der Waals surface area contributed by atoms with Crippen LogP contribution in [0.15, 0.2) is 52.0 Å². The largest absolute Gasteiger partial charge is 0.439 e. The summed E-state index contributed by atoms with van der Waals surface area (Å²) in [7, 11) is -3.22. The topological polar surface area (TPSA) is 56.3 Å². The highest BCUT2D eigenvalue weighted by Crippen LogP contribution is 2.22. The van der Waals surface area contributed by atoms with E-state index in [4.69, 9.17) is 4.74 Å². The molecule has 94 valence electrons. The lowest BCUT2D eigenvalue weighted by molar-refractivity contribution is 0.462.